The summed E-state index contributed by atoms with van der Waals surface area (Å²) in [6, 6.07) is 0. The Labute approximate surface area is 71.2 Å². The molecule has 0 aliphatic rings. The lowest BCUT2D eigenvalue weighted by molar-refractivity contribution is -0.142. The van der Waals surface area contributed by atoms with Crippen LogP contribution in [0.4, 0.5) is 0 Å². The standard InChI is InChI=1S/C5H8Br2O2/c1-4(8)9-5(7)2-3-6/h5H,2-3H2,1H3. The summed E-state index contributed by atoms with van der Waals surface area (Å²) in [5.74, 6) is -0.252. The van der Waals surface area contributed by atoms with Crippen LogP contribution in [0.1, 0.15) is 13.3 Å². The van der Waals surface area contributed by atoms with Crippen LogP contribution in [0.25, 0.3) is 0 Å². The van der Waals surface area contributed by atoms with E-state index in [0.29, 0.717) is 0 Å². The SMILES string of the molecule is CC(=O)OC(Br)CCBr. The monoisotopic (exact) mass is 258 g/mol. The predicted molar refractivity (Wildman–Crippen MR) is 42.9 cm³/mol. The zero-order chi connectivity index (χ0) is 7.28. The molecule has 0 saturated carbocycles. The largest absolute Gasteiger partial charge is 0.451 e. The maximum absolute atomic E-state index is 10.3. The van der Waals surface area contributed by atoms with Crippen LogP contribution in [-0.2, 0) is 9.53 Å². The fourth-order valence-electron chi connectivity index (χ4n) is 0.325. The molecule has 0 radical (unpaired) electrons. The average Bonchev–Trinajstić information content (AvgIpc) is 1.63. The smallest absolute Gasteiger partial charge is 0.303 e. The normalized spacial score (nSPS) is 12.8. The molecule has 0 bridgehead atoms. The Bertz CT molecular complexity index is 95.0. The van der Waals surface area contributed by atoms with Crippen LogP contribution in [0, 0.1) is 0 Å². The van der Waals surface area contributed by atoms with Crippen LogP contribution in [0.15, 0.2) is 0 Å². The molecule has 0 spiro atoms. The maximum atomic E-state index is 10.3. The van der Waals surface area contributed by atoms with Crippen molar-refractivity contribution in [2.75, 3.05) is 5.33 Å². The number of rotatable bonds is 3. The highest BCUT2D eigenvalue weighted by atomic mass is 79.9. The summed E-state index contributed by atoms with van der Waals surface area (Å²) >= 11 is 6.38. The molecule has 0 aliphatic carbocycles. The fourth-order valence-corrected chi connectivity index (χ4v) is 1.85. The van der Waals surface area contributed by atoms with Gasteiger partial charge in [-0.05, 0) is 15.9 Å². The molecule has 1 unspecified atom stereocenters. The number of esters is 1. The molecular weight excluding hydrogens is 252 g/mol. The Morgan fingerprint density at radius 1 is 1.78 bits per heavy atom. The first-order chi connectivity index (χ1) is 4.16. The van der Waals surface area contributed by atoms with E-state index in [1.807, 2.05) is 0 Å². The number of hydrogen-bond acceptors (Lipinski definition) is 2. The van der Waals surface area contributed by atoms with Gasteiger partial charge < -0.3 is 4.74 Å². The van der Waals surface area contributed by atoms with Gasteiger partial charge in [0.05, 0.1) is 0 Å². The van der Waals surface area contributed by atoms with E-state index in [4.69, 9.17) is 4.74 Å². The molecule has 4 heteroatoms. The third kappa shape index (κ3) is 6.31. The molecule has 0 rings (SSSR count). The lowest BCUT2D eigenvalue weighted by Crippen LogP contribution is -2.08. The van der Waals surface area contributed by atoms with Gasteiger partial charge in [0.1, 0.15) is 0 Å². The van der Waals surface area contributed by atoms with Gasteiger partial charge in [0.2, 0.25) is 0 Å². The molecule has 0 amide bonds. The minimum atomic E-state index is -0.252. The Balaban J connectivity index is 3.26. The van der Waals surface area contributed by atoms with Gasteiger partial charge in [-0.1, -0.05) is 15.9 Å². The van der Waals surface area contributed by atoms with Crippen LogP contribution in [-0.4, -0.2) is 16.3 Å². The zero-order valence-electron chi connectivity index (χ0n) is 5.06. The van der Waals surface area contributed by atoms with Crippen molar-refractivity contribution in [2.45, 2.75) is 18.4 Å². The molecular formula is C5H8Br2O2. The second-order valence-electron chi connectivity index (χ2n) is 1.50. The number of carbonyl (C=O) groups is 1. The lowest BCUT2D eigenvalue weighted by atomic mass is 10.5. The van der Waals surface area contributed by atoms with Gasteiger partial charge in [0, 0.05) is 18.7 Å². The Kier molecular flexibility index (Phi) is 5.48. The Morgan fingerprint density at radius 3 is 2.67 bits per heavy atom. The summed E-state index contributed by atoms with van der Waals surface area (Å²) in [7, 11) is 0. The van der Waals surface area contributed by atoms with E-state index >= 15 is 0 Å². The molecule has 2 nitrogen and oxygen atoms in total. The van der Waals surface area contributed by atoms with Crippen molar-refractivity contribution in [1.82, 2.24) is 0 Å². The van der Waals surface area contributed by atoms with Gasteiger partial charge in [0.25, 0.3) is 0 Å². The summed E-state index contributed by atoms with van der Waals surface area (Å²) < 4.78 is 4.74. The van der Waals surface area contributed by atoms with Crippen molar-refractivity contribution in [2.24, 2.45) is 0 Å². The van der Waals surface area contributed by atoms with Crippen molar-refractivity contribution in [3.8, 4) is 0 Å². The first kappa shape index (κ1) is 9.43. The molecule has 0 N–H and O–H groups in total. The second-order valence-corrected chi connectivity index (χ2v) is 3.31. The molecule has 0 aromatic carbocycles. The summed E-state index contributed by atoms with van der Waals surface area (Å²) in [5, 5.41) is 0.685. The minimum absolute atomic E-state index is 0.144. The number of halogens is 2. The number of carbonyl (C=O) groups excluding carboxylic acids is 1. The highest BCUT2D eigenvalue weighted by molar-refractivity contribution is 9.10. The van der Waals surface area contributed by atoms with Crippen molar-refractivity contribution in [3.63, 3.8) is 0 Å². The number of alkyl halides is 2. The summed E-state index contributed by atoms with van der Waals surface area (Å²) in [4.78, 5) is 10.3. The van der Waals surface area contributed by atoms with Crippen LogP contribution in [0.2, 0.25) is 0 Å². The summed E-state index contributed by atoms with van der Waals surface area (Å²) in [5.41, 5.74) is 0. The fraction of sp³-hybridized carbons (Fsp3) is 0.800. The van der Waals surface area contributed by atoms with E-state index in [9.17, 15) is 4.79 Å². The number of hydrogen-bond donors (Lipinski definition) is 0. The number of ether oxygens (including phenoxy) is 1. The summed E-state index contributed by atoms with van der Waals surface area (Å²) in [6.07, 6.45) is 0.791. The quantitative estimate of drug-likeness (QED) is 0.573. The van der Waals surface area contributed by atoms with Crippen LogP contribution in [0.3, 0.4) is 0 Å². The van der Waals surface area contributed by atoms with Gasteiger partial charge in [-0.2, -0.15) is 0 Å². The van der Waals surface area contributed by atoms with Gasteiger partial charge in [0.15, 0.2) is 5.01 Å². The Morgan fingerprint density at radius 2 is 2.33 bits per heavy atom. The van der Waals surface area contributed by atoms with Gasteiger partial charge in [-0.25, -0.2) is 0 Å². The van der Waals surface area contributed by atoms with Crippen molar-refractivity contribution in [1.29, 1.82) is 0 Å². The van der Waals surface area contributed by atoms with Gasteiger partial charge in [-0.15, -0.1) is 0 Å². The lowest BCUT2D eigenvalue weighted by Gasteiger charge is -2.06. The second kappa shape index (κ2) is 5.23. The third-order valence-corrected chi connectivity index (χ3v) is 1.73. The molecule has 0 aliphatic heterocycles. The van der Waals surface area contributed by atoms with Crippen molar-refractivity contribution < 1.29 is 9.53 Å². The summed E-state index contributed by atoms with van der Waals surface area (Å²) in [6.45, 7) is 1.39. The predicted octanol–water partition coefficient (Wildman–Crippen LogP) is 2.06. The van der Waals surface area contributed by atoms with Crippen molar-refractivity contribution >= 4 is 37.8 Å². The molecule has 54 valence electrons. The van der Waals surface area contributed by atoms with Crippen LogP contribution in [0.5, 0.6) is 0 Å². The van der Waals surface area contributed by atoms with Gasteiger partial charge in [-0.3, -0.25) is 4.79 Å². The van der Waals surface area contributed by atoms with E-state index in [-0.39, 0.29) is 11.0 Å². The zero-order valence-corrected chi connectivity index (χ0v) is 8.24. The third-order valence-electron chi connectivity index (χ3n) is 0.630. The highest BCUT2D eigenvalue weighted by Gasteiger charge is 2.04. The van der Waals surface area contributed by atoms with E-state index in [1.165, 1.54) is 6.92 Å². The van der Waals surface area contributed by atoms with Gasteiger partial charge >= 0.3 is 5.97 Å². The molecule has 0 aromatic rings. The van der Waals surface area contributed by atoms with Crippen molar-refractivity contribution in [3.05, 3.63) is 0 Å². The maximum Gasteiger partial charge on any atom is 0.303 e. The van der Waals surface area contributed by atoms with E-state index in [2.05, 4.69) is 31.9 Å². The molecule has 0 fully saturated rings. The Hall–Kier alpha value is 0.430. The average molecular weight is 260 g/mol. The van der Waals surface area contributed by atoms with Crippen LogP contribution < -0.4 is 0 Å². The first-order valence-corrected chi connectivity index (χ1v) is 4.57. The highest BCUT2D eigenvalue weighted by Crippen LogP contribution is 2.08. The van der Waals surface area contributed by atoms with E-state index in [1.54, 1.807) is 0 Å². The minimum Gasteiger partial charge on any atom is -0.451 e. The van der Waals surface area contributed by atoms with E-state index < -0.39 is 0 Å². The molecule has 1 atom stereocenters. The van der Waals surface area contributed by atoms with Crippen LogP contribution >= 0.6 is 31.9 Å². The molecule has 0 heterocycles. The van der Waals surface area contributed by atoms with E-state index in [0.717, 1.165) is 11.8 Å². The molecule has 0 aromatic heterocycles. The molecule has 0 saturated heterocycles. The first-order valence-electron chi connectivity index (χ1n) is 2.54. The molecule has 9 heavy (non-hydrogen) atoms. The topological polar surface area (TPSA) is 26.3 Å².